The highest BCUT2D eigenvalue weighted by atomic mass is 32.1. The third-order valence-electron chi connectivity index (χ3n) is 2.83. The van der Waals surface area contributed by atoms with Gasteiger partial charge in [-0.1, -0.05) is 6.92 Å². The van der Waals surface area contributed by atoms with Crippen molar-refractivity contribution in [2.24, 2.45) is 5.92 Å². The summed E-state index contributed by atoms with van der Waals surface area (Å²) in [6.45, 7) is 4.36. The Kier molecular flexibility index (Phi) is 3.78. The van der Waals surface area contributed by atoms with E-state index in [1.54, 1.807) is 11.3 Å². The Bertz CT molecular complexity index is 428. The van der Waals surface area contributed by atoms with Crippen LogP contribution in [-0.4, -0.2) is 29.1 Å². The van der Waals surface area contributed by atoms with E-state index in [1.165, 1.54) is 18.9 Å². The molecule has 1 saturated heterocycles. The van der Waals surface area contributed by atoms with Crippen LogP contribution < -0.4 is 4.90 Å². The third kappa shape index (κ3) is 3.30. The fourth-order valence-electron chi connectivity index (χ4n) is 2.02. The van der Waals surface area contributed by atoms with Crippen LogP contribution >= 0.6 is 11.3 Å². The van der Waals surface area contributed by atoms with Crippen molar-refractivity contribution in [1.29, 1.82) is 0 Å². The van der Waals surface area contributed by atoms with Crippen LogP contribution in [0.15, 0.2) is 11.5 Å². The number of hydrogen-bond acceptors (Lipinski definition) is 4. The highest BCUT2D eigenvalue weighted by Crippen LogP contribution is 2.26. The monoisotopic (exact) mass is 252 g/mol. The molecule has 5 heteroatoms. The number of carboxylic acids is 1. The number of aromatic nitrogens is 1. The number of anilines is 1. The van der Waals surface area contributed by atoms with Gasteiger partial charge in [0.2, 0.25) is 0 Å². The number of rotatable bonds is 3. The molecule has 0 amide bonds. The quantitative estimate of drug-likeness (QED) is 0.840. The summed E-state index contributed by atoms with van der Waals surface area (Å²) in [5.41, 5.74) is 0.727. The van der Waals surface area contributed by atoms with Crippen LogP contribution in [0.5, 0.6) is 0 Å². The van der Waals surface area contributed by atoms with E-state index in [-0.39, 0.29) is 0 Å². The molecule has 1 aromatic rings. The second-order valence-corrected chi connectivity index (χ2v) is 5.26. The topological polar surface area (TPSA) is 53.4 Å². The minimum Gasteiger partial charge on any atom is -0.478 e. The van der Waals surface area contributed by atoms with Crippen LogP contribution in [0.25, 0.3) is 6.08 Å². The lowest BCUT2D eigenvalue weighted by Gasteiger charge is -2.30. The summed E-state index contributed by atoms with van der Waals surface area (Å²) in [5, 5.41) is 11.4. The minimum atomic E-state index is -0.939. The standard InChI is InChI=1S/C12H16N2O2S/c1-9-3-2-6-14(7-9)12-13-10(8-17-12)4-5-11(15)16/h4-5,8-9H,2-3,6-7H2,1H3,(H,15,16)/b5-4+. The van der Waals surface area contributed by atoms with Crippen LogP contribution in [-0.2, 0) is 4.79 Å². The van der Waals surface area contributed by atoms with Gasteiger partial charge in [-0.25, -0.2) is 9.78 Å². The molecule has 1 unspecified atom stereocenters. The molecule has 1 aliphatic rings. The van der Waals surface area contributed by atoms with Crippen molar-refractivity contribution in [1.82, 2.24) is 4.98 Å². The number of carboxylic acid groups (broad SMARTS) is 1. The molecule has 17 heavy (non-hydrogen) atoms. The van der Waals surface area contributed by atoms with Gasteiger partial charge in [-0.15, -0.1) is 11.3 Å². The van der Waals surface area contributed by atoms with E-state index in [0.29, 0.717) is 5.92 Å². The van der Waals surface area contributed by atoms with Crippen molar-refractivity contribution >= 4 is 28.5 Å². The summed E-state index contributed by atoms with van der Waals surface area (Å²) in [6, 6.07) is 0. The number of piperidine rings is 1. The average molecular weight is 252 g/mol. The molecule has 0 aromatic carbocycles. The fourth-order valence-corrected chi connectivity index (χ4v) is 2.85. The van der Waals surface area contributed by atoms with Gasteiger partial charge >= 0.3 is 5.97 Å². The molecular weight excluding hydrogens is 236 g/mol. The van der Waals surface area contributed by atoms with Crippen LogP contribution in [0.4, 0.5) is 5.13 Å². The van der Waals surface area contributed by atoms with E-state index < -0.39 is 5.97 Å². The first-order valence-corrected chi connectivity index (χ1v) is 6.64. The minimum absolute atomic E-state index is 0.714. The van der Waals surface area contributed by atoms with Gasteiger partial charge in [0, 0.05) is 24.5 Å². The molecule has 1 atom stereocenters. The van der Waals surface area contributed by atoms with Crippen LogP contribution in [0.3, 0.4) is 0 Å². The maximum absolute atomic E-state index is 10.4. The SMILES string of the molecule is CC1CCCN(c2nc(/C=C/C(=O)O)cs2)C1. The molecule has 0 saturated carbocycles. The highest BCUT2D eigenvalue weighted by molar-refractivity contribution is 7.13. The molecule has 2 heterocycles. The zero-order valence-electron chi connectivity index (χ0n) is 9.80. The smallest absolute Gasteiger partial charge is 0.328 e. The Labute approximate surface area is 105 Å². The normalized spacial score (nSPS) is 21.0. The van der Waals surface area contributed by atoms with Gasteiger partial charge in [-0.3, -0.25) is 0 Å². The van der Waals surface area contributed by atoms with E-state index in [1.807, 2.05) is 5.38 Å². The van der Waals surface area contributed by atoms with Crippen molar-refractivity contribution < 1.29 is 9.90 Å². The summed E-state index contributed by atoms with van der Waals surface area (Å²) in [4.78, 5) is 17.1. The van der Waals surface area contributed by atoms with E-state index in [4.69, 9.17) is 5.11 Å². The lowest BCUT2D eigenvalue weighted by Crippen LogP contribution is -2.34. The van der Waals surface area contributed by atoms with Gasteiger partial charge in [0.15, 0.2) is 5.13 Å². The van der Waals surface area contributed by atoms with Crippen molar-refractivity contribution in [2.75, 3.05) is 18.0 Å². The lowest BCUT2D eigenvalue weighted by molar-refractivity contribution is -0.131. The number of nitrogens with zero attached hydrogens (tertiary/aromatic N) is 2. The molecule has 1 aliphatic heterocycles. The molecular formula is C12H16N2O2S. The van der Waals surface area contributed by atoms with Gasteiger partial charge in [0.1, 0.15) is 0 Å². The van der Waals surface area contributed by atoms with Crippen molar-refractivity contribution in [3.05, 3.63) is 17.2 Å². The molecule has 0 bridgehead atoms. The predicted octanol–water partition coefficient (Wildman–Crippen LogP) is 2.48. The molecule has 1 fully saturated rings. The molecule has 1 N–H and O–H groups in total. The average Bonchev–Trinajstić information content (AvgIpc) is 2.75. The first kappa shape index (κ1) is 12.1. The Morgan fingerprint density at radius 1 is 1.71 bits per heavy atom. The Balaban J connectivity index is 2.04. The highest BCUT2D eigenvalue weighted by Gasteiger charge is 2.18. The van der Waals surface area contributed by atoms with Crippen molar-refractivity contribution in [3.8, 4) is 0 Å². The fraction of sp³-hybridized carbons (Fsp3) is 0.500. The van der Waals surface area contributed by atoms with Gasteiger partial charge in [-0.05, 0) is 24.8 Å². The Morgan fingerprint density at radius 2 is 2.53 bits per heavy atom. The Hall–Kier alpha value is -1.36. The molecule has 4 nitrogen and oxygen atoms in total. The van der Waals surface area contributed by atoms with Crippen molar-refractivity contribution in [3.63, 3.8) is 0 Å². The molecule has 0 aliphatic carbocycles. The molecule has 2 rings (SSSR count). The molecule has 92 valence electrons. The first-order chi connectivity index (χ1) is 8.15. The van der Waals surface area contributed by atoms with E-state index in [0.717, 1.165) is 30.0 Å². The summed E-state index contributed by atoms with van der Waals surface area (Å²) < 4.78 is 0. The second kappa shape index (κ2) is 5.31. The van der Waals surface area contributed by atoms with Gasteiger partial charge in [-0.2, -0.15) is 0 Å². The van der Waals surface area contributed by atoms with E-state index >= 15 is 0 Å². The van der Waals surface area contributed by atoms with Crippen LogP contribution in [0, 0.1) is 5.92 Å². The zero-order chi connectivity index (χ0) is 12.3. The molecule has 0 radical (unpaired) electrons. The largest absolute Gasteiger partial charge is 0.478 e. The van der Waals surface area contributed by atoms with Crippen LogP contribution in [0.2, 0.25) is 0 Å². The lowest BCUT2D eigenvalue weighted by atomic mass is 10.0. The van der Waals surface area contributed by atoms with Crippen molar-refractivity contribution in [2.45, 2.75) is 19.8 Å². The summed E-state index contributed by atoms with van der Waals surface area (Å²) >= 11 is 1.58. The number of carbonyl (C=O) groups is 1. The number of aliphatic carboxylic acids is 1. The number of hydrogen-bond donors (Lipinski definition) is 1. The molecule has 1 aromatic heterocycles. The van der Waals surface area contributed by atoms with E-state index in [9.17, 15) is 4.79 Å². The van der Waals surface area contributed by atoms with Gasteiger partial charge < -0.3 is 10.0 Å². The summed E-state index contributed by atoms with van der Waals surface area (Å²) in [5.74, 6) is -0.225. The predicted molar refractivity (Wildman–Crippen MR) is 69.4 cm³/mol. The zero-order valence-corrected chi connectivity index (χ0v) is 10.6. The third-order valence-corrected chi connectivity index (χ3v) is 3.75. The number of thiazole rings is 1. The van der Waals surface area contributed by atoms with E-state index in [2.05, 4.69) is 16.8 Å². The first-order valence-electron chi connectivity index (χ1n) is 5.76. The van der Waals surface area contributed by atoms with Gasteiger partial charge in [0.25, 0.3) is 0 Å². The van der Waals surface area contributed by atoms with Crippen LogP contribution in [0.1, 0.15) is 25.5 Å². The Morgan fingerprint density at radius 3 is 3.24 bits per heavy atom. The second-order valence-electron chi connectivity index (χ2n) is 4.42. The summed E-state index contributed by atoms with van der Waals surface area (Å²) in [7, 11) is 0. The summed E-state index contributed by atoms with van der Waals surface area (Å²) in [6.07, 6.45) is 5.15. The maximum Gasteiger partial charge on any atom is 0.328 e. The maximum atomic E-state index is 10.4. The molecule has 0 spiro atoms. The van der Waals surface area contributed by atoms with Gasteiger partial charge in [0.05, 0.1) is 5.69 Å².